The molecule has 104 valence electrons. The summed E-state index contributed by atoms with van der Waals surface area (Å²) < 4.78 is 5.63. The van der Waals surface area contributed by atoms with Crippen LogP contribution in [0.3, 0.4) is 0 Å². The van der Waals surface area contributed by atoms with Gasteiger partial charge in [-0.3, -0.25) is 0 Å². The van der Waals surface area contributed by atoms with Crippen molar-refractivity contribution in [2.24, 2.45) is 0 Å². The van der Waals surface area contributed by atoms with Gasteiger partial charge in [0, 0.05) is 30.9 Å². The Balaban J connectivity index is 1.62. The number of halogens is 2. The third-order valence-electron chi connectivity index (χ3n) is 3.08. The molecular formula is C15H14Cl2N2O. The average Bonchev–Trinajstić information content (AvgIpc) is 3.26. The van der Waals surface area contributed by atoms with E-state index in [9.17, 15) is 0 Å². The van der Waals surface area contributed by atoms with Crippen molar-refractivity contribution in [1.29, 1.82) is 0 Å². The molecule has 3 rings (SSSR count). The first-order valence-corrected chi connectivity index (χ1v) is 7.27. The number of nitrogens with zero attached hydrogens (tertiary/aromatic N) is 1. The standard InChI is InChI=1S/C15H14Cl2N2O/c16-13-5-4-12(7-14(13)17)20-15-6-1-10(9-19-15)8-18-11-2-3-11/h1,4-7,9,11,18H,2-3,8H2. The normalized spacial score (nSPS) is 14.3. The summed E-state index contributed by atoms with van der Waals surface area (Å²) in [6, 6.07) is 9.70. The first kappa shape index (κ1) is 13.7. The smallest absolute Gasteiger partial charge is 0.219 e. The van der Waals surface area contributed by atoms with Gasteiger partial charge in [-0.2, -0.15) is 0 Å². The average molecular weight is 309 g/mol. The number of benzene rings is 1. The van der Waals surface area contributed by atoms with Crippen molar-refractivity contribution in [3.8, 4) is 11.6 Å². The minimum Gasteiger partial charge on any atom is -0.439 e. The van der Waals surface area contributed by atoms with E-state index in [1.54, 1.807) is 18.2 Å². The molecule has 1 aliphatic carbocycles. The molecule has 1 aliphatic rings. The molecule has 0 radical (unpaired) electrons. The van der Waals surface area contributed by atoms with Crippen molar-refractivity contribution in [1.82, 2.24) is 10.3 Å². The molecule has 1 fully saturated rings. The van der Waals surface area contributed by atoms with E-state index in [0.717, 1.165) is 12.1 Å². The Hall–Kier alpha value is -1.29. The molecule has 0 amide bonds. The summed E-state index contributed by atoms with van der Waals surface area (Å²) in [6.45, 7) is 0.852. The molecule has 0 unspecified atom stereocenters. The molecule has 5 heteroatoms. The van der Waals surface area contributed by atoms with E-state index in [1.165, 1.54) is 12.8 Å². The first-order valence-electron chi connectivity index (χ1n) is 6.52. The lowest BCUT2D eigenvalue weighted by molar-refractivity contribution is 0.462. The summed E-state index contributed by atoms with van der Waals surface area (Å²) in [6.07, 6.45) is 4.39. The van der Waals surface area contributed by atoms with Crippen LogP contribution in [0.2, 0.25) is 10.0 Å². The fraction of sp³-hybridized carbons (Fsp3) is 0.267. The highest BCUT2D eigenvalue weighted by Crippen LogP contribution is 2.28. The monoisotopic (exact) mass is 308 g/mol. The molecule has 1 saturated carbocycles. The molecule has 0 bridgehead atoms. The lowest BCUT2D eigenvalue weighted by Gasteiger charge is -2.07. The van der Waals surface area contributed by atoms with E-state index in [4.69, 9.17) is 27.9 Å². The Morgan fingerprint density at radius 2 is 2.00 bits per heavy atom. The van der Waals surface area contributed by atoms with Gasteiger partial charge in [0.15, 0.2) is 0 Å². The van der Waals surface area contributed by atoms with Crippen LogP contribution in [0.15, 0.2) is 36.5 Å². The van der Waals surface area contributed by atoms with Crippen LogP contribution in [0.1, 0.15) is 18.4 Å². The van der Waals surface area contributed by atoms with Gasteiger partial charge in [-0.15, -0.1) is 0 Å². The molecule has 1 aromatic heterocycles. The van der Waals surface area contributed by atoms with E-state index in [2.05, 4.69) is 10.3 Å². The fourth-order valence-electron chi connectivity index (χ4n) is 1.79. The summed E-state index contributed by atoms with van der Waals surface area (Å²) in [4.78, 5) is 4.29. The Morgan fingerprint density at radius 1 is 1.15 bits per heavy atom. The third kappa shape index (κ3) is 3.63. The van der Waals surface area contributed by atoms with E-state index >= 15 is 0 Å². The van der Waals surface area contributed by atoms with E-state index in [0.29, 0.717) is 27.7 Å². The zero-order chi connectivity index (χ0) is 13.9. The molecular weight excluding hydrogens is 295 g/mol. The van der Waals surface area contributed by atoms with Crippen LogP contribution in [0, 0.1) is 0 Å². The van der Waals surface area contributed by atoms with Gasteiger partial charge in [-0.25, -0.2) is 4.98 Å². The minimum atomic E-state index is 0.467. The molecule has 0 aliphatic heterocycles. The summed E-state index contributed by atoms with van der Waals surface area (Å²) in [7, 11) is 0. The van der Waals surface area contributed by atoms with Crippen molar-refractivity contribution < 1.29 is 4.74 Å². The number of hydrogen-bond acceptors (Lipinski definition) is 3. The predicted molar refractivity (Wildman–Crippen MR) is 80.6 cm³/mol. The number of aromatic nitrogens is 1. The van der Waals surface area contributed by atoms with Crippen molar-refractivity contribution >= 4 is 23.2 Å². The van der Waals surface area contributed by atoms with Crippen LogP contribution in [-0.2, 0) is 6.54 Å². The lowest BCUT2D eigenvalue weighted by atomic mass is 10.3. The molecule has 1 aromatic carbocycles. The zero-order valence-electron chi connectivity index (χ0n) is 10.8. The molecule has 2 aromatic rings. The summed E-state index contributed by atoms with van der Waals surface area (Å²) in [5.74, 6) is 1.16. The minimum absolute atomic E-state index is 0.467. The van der Waals surface area contributed by atoms with Crippen LogP contribution in [-0.4, -0.2) is 11.0 Å². The van der Waals surface area contributed by atoms with E-state index < -0.39 is 0 Å². The first-order chi connectivity index (χ1) is 9.70. The molecule has 0 spiro atoms. The van der Waals surface area contributed by atoms with E-state index in [1.807, 2.05) is 18.3 Å². The Labute approximate surface area is 127 Å². The highest BCUT2D eigenvalue weighted by atomic mass is 35.5. The van der Waals surface area contributed by atoms with Gasteiger partial charge in [0.1, 0.15) is 5.75 Å². The molecule has 1 heterocycles. The second-order valence-electron chi connectivity index (χ2n) is 4.84. The Bertz CT molecular complexity index is 597. The van der Waals surface area contributed by atoms with Crippen LogP contribution in [0.5, 0.6) is 11.6 Å². The number of pyridine rings is 1. The van der Waals surface area contributed by atoms with Gasteiger partial charge >= 0.3 is 0 Å². The molecule has 20 heavy (non-hydrogen) atoms. The van der Waals surface area contributed by atoms with Gasteiger partial charge in [-0.1, -0.05) is 29.3 Å². The zero-order valence-corrected chi connectivity index (χ0v) is 12.3. The van der Waals surface area contributed by atoms with Gasteiger partial charge in [0.05, 0.1) is 10.0 Å². The molecule has 1 N–H and O–H groups in total. The molecule has 0 saturated heterocycles. The quantitative estimate of drug-likeness (QED) is 0.887. The van der Waals surface area contributed by atoms with Crippen LogP contribution in [0.4, 0.5) is 0 Å². The maximum atomic E-state index is 5.94. The molecule has 3 nitrogen and oxygen atoms in total. The van der Waals surface area contributed by atoms with Crippen molar-refractivity contribution in [3.05, 3.63) is 52.1 Å². The number of nitrogens with one attached hydrogen (secondary N) is 1. The largest absolute Gasteiger partial charge is 0.439 e. The SMILES string of the molecule is Clc1ccc(Oc2ccc(CNC3CC3)cn2)cc1Cl. The van der Waals surface area contributed by atoms with Gasteiger partial charge in [0.25, 0.3) is 0 Å². The summed E-state index contributed by atoms with van der Waals surface area (Å²) in [5, 5.41) is 4.42. The topological polar surface area (TPSA) is 34.1 Å². The second-order valence-corrected chi connectivity index (χ2v) is 5.65. The Morgan fingerprint density at radius 3 is 2.65 bits per heavy atom. The fourth-order valence-corrected chi connectivity index (χ4v) is 2.07. The highest BCUT2D eigenvalue weighted by molar-refractivity contribution is 6.42. The van der Waals surface area contributed by atoms with E-state index in [-0.39, 0.29) is 0 Å². The number of hydrogen-bond donors (Lipinski definition) is 1. The van der Waals surface area contributed by atoms with Gasteiger partial charge in [-0.05, 0) is 30.5 Å². The van der Waals surface area contributed by atoms with Crippen molar-refractivity contribution in [2.45, 2.75) is 25.4 Å². The lowest BCUT2D eigenvalue weighted by Crippen LogP contribution is -2.15. The Kier molecular flexibility index (Phi) is 4.10. The van der Waals surface area contributed by atoms with Gasteiger partial charge < -0.3 is 10.1 Å². The number of ether oxygens (including phenoxy) is 1. The highest BCUT2D eigenvalue weighted by Gasteiger charge is 2.19. The van der Waals surface area contributed by atoms with Crippen molar-refractivity contribution in [3.63, 3.8) is 0 Å². The summed E-state index contributed by atoms with van der Waals surface area (Å²) >= 11 is 11.8. The molecule has 0 atom stereocenters. The number of rotatable bonds is 5. The van der Waals surface area contributed by atoms with Gasteiger partial charge in [0.2, 0.25) is 5.88 Å². The van der Waals surface area contributed by atoms with Crippen molar-refractivity contribution in [2.75, 3.05) is 0 Å². The van der Waals surface area contributed by atoms with Crippen LogP contribution in [0.25, 0.3) is 0 Å². The van der Waals surface area contributed by atoms with Crippen LogP contribution < -0.4 is 10.1 Å². The predicted octanol–water partition coefficient (Wildman–Crippen LogP) is 4.43. The maximum absolute atomic E-state index is 5.94. The second kappa shape index (κ2) is 6.00. The maximum Gasteiger partial charge on any atom is 0.219 e. The summed E-state index contributed by atoms with van der Waals surface area (Å²) in [5.41, 5.74) is 1.15. The third-order valence-corrected chi connectivity index (χ3v) is 3.82. The van der Waals surface area contributed by atoms with Crippen LogP contribution >= 0.6 is 23.2 Å².